The number of rotatable bonds is 7. The lowest BCUT2D eigenvalue weighted by atomic mass is 10.1. The Bertz CT molecular complexity index is 651. The fourth-order valence-electron chi connectivity index (χ4n) is 2.66. The Balaban J connectivity index is 1.47. The van der Waals surface area contributed by atoms with E-state index < -0.39 is 0 Å². The quantitative estimate of drug-likeness (QED) is 0.833. The average molecular weight is 342 g/mol. The zero-order valence-electron chi connectivity index (χ0n) is 14.0. The van der Waals surface area contributed by atoms with Gasteiger partial charge in [-0.3, -0.25) is 9.78 Å². The maximum absolute atomic E-state index is 12.1. The van der Waals surface area contributed by atoms with Crippen molar-refractivity contribution in [3.05, 3.63) is 60.4 Å². The third kappa shape index (κ3) is 5.55. The lowest BCUT2D eigenvalue weighted by Gasteiger charge is -2.32. The van der Waals surface area contributed by atoms with Gasteiger partial charge in [-0.25, -0.2) is 0 Å². The highest BCUT2D eigenvalue weighted by atomic mass is 16.5. The van der Waals surface area contributed by atoms with E-state index in [2.05, 4.69) is 10.3 Å². The number of hydrogen-bond acceptors (Lipinski definition) is 5. The van der Waals surface area contributed by atoms with Crippen LogP contribution in [0.2, 0.25) is 0 Å². The molecule has 1 fully saturated rings. The number of amides is 1. The smallest absolute Gasteiger partial charge is 0.258 e. The van der Waals surface area contributed by atoms with Gasteiger partial charge in [0.1, 0.15) is 5.75 Å². The van der Waals surface area contributed by atoms with Crippen LogP contribution in [0, 0.1) is 0 Å². The predicted molar refractivity (Wildman–Crippen MR) is 92.1 cm³/mol. The number of carbonyl (C=O) groups excluding carboxylic acids is 1. The molecule has 1 aliphatic heterocycles. The fraction of sp³-hybridized carbons (Fsp3) is 0.368. The van der Waals surface area contributed by atoms with E-state index >= 15 is 0 Å². The fourth-order valence-corrected chi connectivity index (χ4v) is 2.66. The molecule has 6 nitrogen and oxygen atoms in total. The summed E-state index contributed by atoms with van der Waals surface area (Å²) in [4.78, 5) is 16.1. The van der Waals surface area contributed by atoms with Crippen LogP contribution in [0.3, 0.4) is 0 Å². The number of carbonyl (C=O) groups is 1. The standard InChI is InChI=1S/C19H22N2O4/c22-19(14-24-16-7-4-9-20-11-16)21-17-13-23-10-8-18(17)25-12-15-5-2-1-3-6-15/h1-7,9,11,17-18H,8,10,12-14H2,(H,21,22)/t17-,18+/m1/s1. The first-order chi connectivity index (χ1) is 12.3. The predicted octanol–water partition coefficient (Wildman–Crippen LogP) is 1.95. The van der Waals surface area contributed by atoms with Crippen molar-refractivity contribution in [2.45, 2.75) is 25.2 Å². The van der Waals surface area contributed by atoms with Crippen molar-refractivity contribution in [1.29, 1.82) is 0 Å². The van der Waals surface area contributed by atoms with Gasteiger partial charge in [0.05, 0.1) is 31.6 Å². The van der Waals surface area contributed by atoms with Gasteiger partial charge in [-0.05, 0) is 24.1 Å². The minimum atomic E-state index is -0.201. The topological polar surface area (TPSA) is 69.7 Å². The average Bonchev–Trinajstić information content (AvgIpc) is 2.67. The third-order valence-corrected chi connectivity index (χ3v) is 3.95. The maximum Gasteiger partial charge on any atom is 0.258 e. The van der Waals surface area contributed by atoms with Crippen LogP contribution in [0.1, 0.15) is 12.0 Å². The van der Waals surface area contributed by atoms with E-state index in [4.69, 9.17) is 14.2 Å². The van der Waals surface area contributed by atoms with Crippen LogP contribution in [0.4, 0.5) is 0 Å². The Hall–Kier alpha value is -2.44. The molecule has 2 heterocycles. The van der Waals surface area contributed by atoms with E-state index in [1.807, 2.05) is 30.3 Å². The zero-order chi connectivity index (χ0) is 17.3. The van der Waals surface area contributed by atoms with Gasteiger partial charge in [0.15, 0.2) is 6.61 Å². The van der Waals surface area contributed by atoms with Crippen LogP contribution in [0.5, 0.6) is 5.75 Å². The number of ether oxygens (including phenoxy) is 3. The number of nitrogens with zero attached hydrogens (tertiary/aromatic N) is 1. The van der Waals surface area contributed by atoms with Crippen molar-refractivity contribution in [2.24, 2.45) is 0 Å². The van der Waals surface area contributed by atoms with E-state index in [0.717, 1.165) is 12.0 Å². The van der Waals surface area contributed by atoms with Gasteiger partial charge in [-0.2, -0.15) is 0 Å². The first-order valence-corrected chi connectivity index (χ1v) is 8.37. The van der Waals surface area contributed by atoms with E-state index in [9.17, 15) is 4.79 Å². The number of hydrogen-bond donors (Lipinski definition) is 1. The SMILES string of the molecule is O=C(COc1cccnc1)N[C@@H]1COCC[C@@H]1OCc1ccccc1. The minimum absolute atomic E-state index is 0.0619. The molecule has 1 aliphatic rings. The molecule has 2 atom stereocenters. The monoisotopic (exact) mass is 342 g/mol. The molecule has 2 aromatic rings. The normalized spacial score (nSPS) is 20.0. The summed E-state index contributed by atoms with van der Waals surface area (Å²) in [5, 5.41) is 2.94. The highest BCUT2D eigenvalue weighted by molar-refractivity contribution is 5.77. The van der Waals surface area contributed by atoms with Gasteiger partial charge >= 0.3 is 0 Å². The maximum atomic E-state index is 12.1. The van der Waals surface area contributed by atoms with Gasteiger partial charge in [-0.1, -0.05) is 30.3 Å². The lowest BCUT2D eigenvalue weighted by molar-refractivity contribution is -0.128. The van der Waals surface area contributed by atoms with Crippen molar-refractivity contribution in [3.8, 4) is 5.75 Å². The Labute approximate surface area is 147 Å². The number of nitrogens with one attached hydrogen (secondary N) is 1. The van der Waals surface area contributed by atoms with Gasteiger partial charge in [0, 0.05) is 12.8 Å². The highest BCUT2D eigenvalue weighted by Gasteiger charge is 2.28. The molecule has 0 bridgehead atoms. The van der Waals surface area contributed by atoms with Crippen molar-refractivity contribution >= 4 is 5.91 Å². The molecule has 0 radical (unpaired) electrons. The van der Waals surface area contributed by atoms with Crippen LogP contribution >= 0.6 is 0 Å². The molecule has 1 amide bonds. The second-order valence-electron chi connectivity index (χ2n) is 5.85. The lowest BCUT2D eigenvalue weighted by Crippen LogP contribution is -2.51. The van der Waals surface area contributed by atoms with Gasteiger partial charge in [0.25, 0.3) is 5.91 Å². The molecular weight excluding hydrogens is 320 g/mol. The number of benzene rings is 1. The largest absolute Gasteiger partial charge is 0.482 e. The van der Waals surface area contributed by atoms with Crippen LogP contribution in [-0.4, -0.2) is 42.9 Å². The van der Waals surface area contributed by atoms with Gasteiger partial charge in [-0.15, -0.1) is 0 Å². The van der Waals surface area contributed by atoms with Crippen molar-refractivity contribution in [2.75, 3.05) is 19.8 Å². The van der Waals surface area contributed by atoms with Crippen molar-refractivity contribution < 1.29 is 19.0 Å². The van der Waals surface area contributed by atoms with E-state index in [1.54, 1.807) is 24.5 Å². The summed E-state index contributed by atoms with van der Waals surface area (Å²) in [5.74, 6) is 0.363. The molecule has 1 aromatic carbocycles. The summed E-state index contributed by atoms with van der Waals surface area (Å²) in [6.45, 7) is 1.54. The molecule has 0 aliphatic carbocycles. The van der Waals surface area contributed by atoms with Gasteiger partial charge in [0.2, 0.25) is 0 Å². The summed E-state index contributed by atoms with van der Waals surface area (Å²) < 4.78 is 16.9. The molecule has 0 saturated carbocycles. The minimum Gasteiger partial charge on any atom is -0.482 e. The first kappa shape index (κ1) is 17.4. The molecule has 25 heavy (non-hydrogen) atoms. The Morgan fingerprint density at radius 2 is 2.12 bits per heavy atom. The first-order valence-electron chi connectivity index (χ1n) is 8.37. The van der Waals surface area contributed by atoms with Crippen LogP contribution in [-0.2, 0) is 20.9 Å². The van der Waals surface area contributed by atoms with Crippen LogP contribution in [0.15, 0.2) is 54.9 Å². The Morgan fingerprint density at radius 3 is 2.92 bits per heavy atom. The zero-order valence-corrected chi connectivity index (χ0v) is 14.0. The van der Waals surface area contributed by atoms with Crippen LogP contribution in [0.25, 0.3) is 0 Å². The van der Waals surface area contributed by atoms with Crippen LogP contribution < -0.4 is 10.1 Å². The highest BCUT2D eigenvalue weighted by Crippen LogP contribution is 2.15. The summed E-state index contributed by atoms with van der Waals surface area (Å²) in [7, 11) is 0. The second-order valence-corrected chi connectivity index (χ2v) is 5.85. The van der Waals surface area contributed by atoms with Crippen molar-refractivity contribution in [3.63, 3.8) is 0 Å². The molecule has 6 heteroatoms. The summed E-state index contributed by atoms with van der Waals surface area (Å²) >= 11 is 0. The van der Waals surface area contributed by atoms with E-state index in [-0.39, 0.29) is 24.7 Å². The second kappa shape index (κ2) is 9.15. The molecular formula is C19H22N2O4. The molecule has 132 valence electrons. The van der Waals surface area contributed by atoms with E-state index in [0.29, 0.717) is 25.6 Å². The number of pyridine rings is 1. The molecule has 1 saturated heterocycles. The molecule has 1 aromatic heterocycles. The number of aromatic nitrogens is 1. The summed E-state index contributed by atoms with van der Waals surface area (Å²) in [5.41, 5.74) is 1.11. The molecule has 0 spiro atoms. The van der Waals surface area contributed by atoms with Gasteiger partial charge < -0.3 is 19.5 Å². The summed E-state index contributed by atoms with van der Waals surface area (Å²) in [6.07, 6.45) is 3.90. The van der Waals surface area contributed by atoms with Crippen molar-refractivity contribution in [1.82, 2.24) is 10.3 Å². The Kier molecular flexibility index (Phi) is 6.36. The molecule has 3 rings (SSSR count). The molecule has 0 unspecified atom stereocenters. The summed E-state index contributed by atoms with van der Waals surface area (Å²) in [6, 6.07) is 13.3. The Morgan fingerprint density at radius 1 is 1.24 bits per heavy atom. The third-order valence-electron chi connectivity index (χ3n) is 3.95. The van der Waals surface area contributed by atoms with E-state index in [1.165, 1.54) is 0 Å². The molecule has 1 N–H and O–H groups in total.